The van der Waals surface area contributed by atoms with E-state index in [2.05, 4.69) is 59.6 Å². The molecular weight excluding hydrogens is 240 g/mol. The van der Waals surface area contributed by atoms with E-state index in [0.717, 1.165) is 6.42 Å². The highest BCUT2D eigenvalue weighted by Gasteiger charge is 2.38. The standard InChI is InChI=1S/C15H30O2Si/c1-12(2)11-14(16)10-9-13(3)17-18(7,8)15(4,5)6/h12-14,16H,11H2,1-8H3/t13-,14+/m0/s1. The summed E-state index contributed by atoms with van der Waals surface area (Å²) in [5, 5.41) is 9.90. The zero-order chi connectivity index (χ0) is 14.6. The van der Waals surface area contributed by atoms with E-state index < -0.39 is 14.4 Å². The molecule has 0 heterocycles. The summed E-state index contributed by atoms with van der Waals surface area (Å²) in [7, 11) is -1.76. The molecule has 0 aromatic carbocycles. The maximum absolute atomic E-state index is 9.71. The molecule has 0 aliphatic carbocycles. The largest absolute Gasteiger partial charge is 0.404 e. The number of aliphatic hydroxyl groups is 1. The first-order valence-corrected chi connectivity index (χ1v) is 9.73. The summed E-state index contributed by atoms with van der Waals surface area (Å²) in [5.74, 6) is 6.38. The fourth-order valence-electron chi connectivity index (χ4n) is 1.37. The molecule has 2 nitrogen and oxygen atoms in total. The van der Waals surface area contributed by atoms with Gasteiger partial charge in [-0.15, -0.1) is 0 Å². The lowest BCUT2D eigenvalue weighted by atomic mass is 10.1. The van der Waals surface area contributed by atoms with Crippen molar-refractivity contribution in [3.63, 3.8) is 0 Å². The molecule has 0 radical (unpaired) electrons. The van der Waals surface area contributed by atoms with Crippen LogP contribution in [0.2, 0.25) is 18.1 Å². The molecule has 0 unspecified atom stereocenters. The SMILES string of the molecule is CC(C)C[C@H](O)C#C[C@H](C)O[Si](C)(C)C(C)(C)C. The van der Waals surface area contributed by atoms with Gasteiger partial charge in [0.15, 0.2) is 8.32 Å². The summed E-state index contributed by atoms with van der Waals surface area (Å²) in [6.07, 6.45) is 0.0861. The van der Waals surface area contributed by atoms with Crippen LogP contribution in [-0.4, -0.2) is 25.6 Å². The minimum atomic E-state index is -1.76. The van der Waals surface area contributed by atoms with Crippen molar-refractivity contribution in [2.45, 2.75) is 78.3 Å². The van der Waals surface area contributed by atoms with Crippen LogP contribution in [0.4, 0.5) is 0 Å². The van der Waals surface area contributed by atoms with Crippen LogP contribution in [0, 0.1) is 17.8 Å². The van der Waals surface area contributed by atoms with Gasteiger partial charge in [0.2, 0.25) is 0 Å². The summed E-state index contributed by atoms with van der Waals surface area (Å²) in [4.78, 5) is 0. The molecule has 0 bridgehead atoms. The average Bonchev–Trinajstić information content (AvgIpc) is 2.11. The molecule has 0 spiro atoms. The van der Waals surface area contributed by atoms with Crippen molar-refractivity contribution < 1.29 is 9.53 Å². The zero-order valence-corrected chi connectivity index (χ0v) is 14.3. The van der Waals surface area contributed by atoms with Gasteiger partial charge in [-0.05, 0) is 37.4 Å². The van der Waals surface area contributed by atoms with E-state index in [1.165, 1.54) is 0 Å². The maximum Gasteiger partial charge on any atom is 0.193 e. The highest BCUT2D eigenvalue weighted by Crippen LogP contribution is 2.37. The highest BCUT2D eigenvalue weighted by atomic mass is 28.4. The Morgan fingerprint density at radius 2 is 1.61 bits per heavy atom. The van der Waals surface area contributed by atoms with Crippen LogP contribution in [0.5, 0.6) is 0 Å². The third-order valence-electron chi connectivity index (χ3n) is 3.43. The number of hydrogen-bond acceptors (Lipinski definition) is 2. The van der Waals surface area contributed by atoms with E-state index >= 15 is 0 Å². The summed E-state index contributed by atoms with van der Waals surface area (Å²) in [5.41, 5.74) is 0. The van der Waals surface area contributed by atoms with Crippen molar-refractivity contribution in [3.05, 3.63) is 0 Å². The van der Waals surface area contributed by atoms with E-state index in [1.807, 2.05) is 6.92 Å². The van der Waals surface area contributed by atoms with Crippen molar-refractivity contribution in [2.24, 2.45) is 5.92 Å². The molecular formula is C15H30O2Si. The smallest absolute Gasteiger partial charge is 0.193 e. The first-order chi connectivity index (χ1) is 7.95. The van der Waals surface area contributed by atoms with Gasteiger partial charge in [0.25, 0.3) is 0 Å². The van der Waals surface area contributed by atoms with Crippen molar-refractivity contribution in [3.8, 4) is 11.8 Å². The Balaban J connectivity index is 4.44. The van der Waals surface area contributed by atoms with Crippen molar-refractivity contribution in [1.29, 1.82) is 0 Å². The van der Waals surface area contributed by atoms with Crippen LogP contribution >= 0.6 is 0 Å². The van der Waals surface area contributed by atoms with E-state index in [4.69, 9.17) is 4.43 Å². The molecule has 0 aromatic heterocycles. The molecule has 0 fully saturated rings. The van der Waals surface area contributed by atoms with Crippen molar-refractivity contribution in [1.82, 2.24) is 0 Å². The van der Waals surface area contributed by atoms with E-state index in [9.17, 15) is 5.11 Å². The molecule has 0 aliphatic heterocycles. The van der Waals surface area contributed by atoms with Gasteiger partial charge in [0.1, 0.15) is 12.2 Å². The summed E-state index contributed by atoms with van der Waals surface area (Å²) in [6, 6.07) is 0. The summed E-state index contributed by atoms with van der Waals surface area (Å²) in [6.45, 7) is 17.2. The van der Waals surface area contributed by atoms with Gasteiger partial charge in [-0.3, -0.25) is 0 Å². The summed E-state index contributed by atoms with van der Waals surface area (Å²) >= 11 is 0. The van der Waals surface area contributed by atoms with Gasteiger partial charge in [-0.2, -0.15) is 0 Å². The number of rotatable bonds is 4. The van der Waals surface area contributed by atoms with E-state index in [0.29, 0.717) is 5.92 Å². The Labute approximate surface area is 114 Å². The lowest BCUT2D eigenvalue weighted by Gasteiger charge is -2.37. The topological polar surface area (TPSA) is 29.5 Å². The molecule has 0 saturated heterocycles. The third kappa shape index (κ3) is 6.58. The quantitative estimate of drug-likeness (QED) is 0.622. The molecule has 1 N–H and O–H groups in total. The molecule has 0 aliphatic rings. The highest BCUT2D eigenvalue weighted by molar-refractivity contribution is 6.74. The van der Waals surface area contributed by atoms with Crippen molar-refractivity contribution in [2.75, 3.05) is 0 Å². The Morgan fingerprint density at radius 3 is 2.00 bits per heavy atom. The maximum atomic E-state index is 9.71. The minimum absolute atomic E-state index is 0.104. The van der Waals surface area contributed by atoms with Crippen LogP contribution in [0.25, 0.3) is 0 Å². The predicted molar refractivity (Wildman–Crippen MR) is 81.0 cm³/mol. The Morgan fingerprint density at radius 1 is 1.11 bits per heavy atom. The van der Waals surface area contributed by atoms with Crippen LogP contribution in [-0.2, 0) is 4.43 Å². The van der Waals surface area contributed by atoms with E-state index in [-0.39, 0.29) is 11.1 Å². The summed E-state index contributed by atoms with van der Waals surface area (Å²) < 4.78 is 6.11. The molecule has 0 saturated carbocycles. The second kappa shape index (κ2) is 6.74. The zero-order valence-electron chi connectivity index (χ0n) is 13.3. The van der Waals surface area contributed by atoms with Gasteiger partial charge in [-0.25, -0.2) is 0 Å². The second-order valence-corrected chi connectivity index (χ2v) is 11.7. The van der Waals surface area contributed by atoms with Gasteiger partial charge in [-0.1, -0.05) is 46.5 Å². The minimum Gasteiger partial charge on any atom is -0.404 e. The molecule has 106 valence electrons. The van der Waals surface area contributed by atoms with Gasteiger partial charge in [0, 0.05) is 0 Å². The van der Waals surface area contributed by atoms with Crippen LogP contribution in [0.1, 0.15) is 48.0 Å². The first kappa shape index (κ1) is 17.7. The molecule has 2 atom stereocenters. The Bertz CT molecular complexity index is 305. The fraction of sp³-hybridized carbons (Fsp3) is 0.867. The average molecular weight is 270 g/mol. The van der Waals surface area contributed by atoms with E-state index in [1.54, 1.807) is 0 Å². The van der Waals surface area contributed by atoms with Crippen LogP contribution in [0.3, 0.4) is 0 Å². The fourth-order valence-corrected chi connectivity index (χ4v) is 2.66. The molecule has 18 heavy (non-hydrogen) atoms. The monoisotopic (exact) mass is 270 g/mol. The molecule has 3 heteroatoms. The number of hydrogen-bond donors (Lipinski definition) is 1. The van der Waals surface area contributed by atoms with Crippen LogP contribution < -0.4 is 0 Å². The number of aliphatic hydroxyl groups excluding tert-OH is 1. The molecule has 0 aromatic rings. The molecule has 0 rings (SSSR count). The Kier molecular flexibility index (Phi) is 6.63. The lowest BCUT2D eigenvalue weighted by molar-refractivity contribution is 0.202. The predicted octanol–water partition coefficient (Wildman–Crippen LogP) is 3.81. The molecule has 0 amide bonds. The first-order valence-electron chi connectivity index (χ1n) is 6.82. The van der Waals surface area contributed by atoms with Crippen LogP contribution in [0.15, 0.2) is 0 Å². The van der Waals surface area contributed by atoms with Gasteiger partial charge < -0.3 is 9.53 Å². The lowest BCUT2D eigenvalue weighted by Crippen LogP contribution is -2.43. The second-order valence-electron chi connectivity index (χ2n) is 6.95. The normalized spacial score (nSPS) is 16.1. The van der Waals surface area contributed by atoms with Gasteiger partial charge >= 0.3 is 0 Å². The Hall–Kier alpha value is -0.303. The van der Waals surface area contributed by atoms with Crippen molar-refractivity contribution >= 4 is 8.32 Å². The third-order valence-corrected chi connectivity index (χ3v) is 7.98. The van der Waals surface area contributed by atoms with Gasteiger partial charge in [0.05, 0.1) is 0 Å².